The van der Waals surface area contributed by atoms with Gasteiger partial charge in [-0.1, -0.05) is 11.6 Å². The molecule has 2 heterocycles. The maximum absolute atomic E-state index is 12.8. The molecule has 1 aliphatic rings. The third-order valence-electron chi connectivity index (χ3n) is 2.76. The van der Waals surface area contributed by atoms with E-state index < -0.39 is 0 Å². The molecule has 3 rings (SSSR count). The van der Waals surface area contributed by atoms with Crippen molar-refractivity contribution in [3.05, 3.63) is 52.3 Å². The van der Waals surface area contributed by atoms with Crippen LogP contribution >= 0.6 is 35.1 Å². The highest BCUT2D eigenvalue weighted by Gasteiger charge is 2.18. The van der Waals surface area contributed by atoms with Gasteiger partial charge >= 0.3 is 0 Å². The lowest BCUT2D eigenvalue weighted by molar-refractivity contribution is 0.626. The zero-order chi connectivity index (χ0) is 13.2. The molecule has 0 N–H and O–H groups in total. The third-order valence-corrected chi connectivity index (χ3v) is 5.05. The molecular weight excluding hydrogens is 303 g/mol. The standard InChI is InChI=1S/C13H10ClFN2S2/c14-13-10-5-18-6-11(10)16-12(17-13)7-19-9-3-1-8(15)2-4-9/h1-4H,5-7H2. The van der Waals surface area contributed by atoms with Crippen molar-refractivity contribution in [2.24, 2.45) is 0 Å². The van der Waals surface area contributed by atoms with Crippen molar-refractivity contribution in [1.82, 2.24) is 9.97 Å². The van der Waals surface area contributed by atoms with Crippen molar-refractivity contribution in [2.45, 2.75) is 22.2 Å². The molecule has 2 aromatic rings. The fourth-order valence-electron chi connectivity index (χ4n) is 1.80. The number of nitrogens with zero attached hydrogens (tertiary/aromatic N) is 2. The number of aromatic nitrogens is 2. The molecule has 1 aromatic heterocycles. The van der Waals surface area contributed by atoms with E-state index in [1.54, 1.807) is 35.7 Å². The molecule has 0 atom stereocenters. The minimum Gasteiger partial charge on any atom is -0.236 e. The predicted molar refractivity (Wildman–Crippen MR) is 78.0 cm³/mol. The molecule has 1 aromatic carbocycles. The zero-order valence-electron chi connectivity index (χ0n) is 9.90. The largest absolute Gasteiger partial charge is 0.236 e. The Hall–Kier alpha value is -0.780. The van der Waals surface area contributed by atoms with E-state index in [2.05, 4.69) is 9.97 Å². The minimum atomic E-state index is -0.224. The first-order chi connectivity index (χ1) is 9.22. The highest BCUT2D eigenvalue weighted by Crippen LogP contribution is 2.33. The summed E-state index contributed by atoms with van der Waals surface area (Å²) >= 11 is 9.54. The number of rotatable bonds is 3. The van der Waals surface area contributed by atoms with Crippen LogP contribution in [0, 0.1) is 5.82 Å². The van der Waals surface area contributed by atoms with Gasteiger partial charge < -0.3 is 0 Å². The van der Waals surface area contributed by atoms with Crippen LogP contribution in [-0.4, -0.2) is 9.97 Å². The smallest absolute Gasteiger partial charge is 0.140 e. The maximum Gasteiger partial charge on any atom is 0.140 e. The van der Waals surface area contributed by atoms with Gasteiger partial charge in [0.15, 0.2) is 0 Å². The summed E-state index contributed by atoms with van der Waals surface area (Å²) in [7, 11) is 0. The molecule has 0 radical (unpaired) electrons. The summed E-state index contributed by atoms with van der Waals surface area (Å²) in [5.41, 5.74) is 2.13. The van der Waals surface area contributed by atoms with Crippen LogP contribution in [0.15, 0.2) is 29.2 Å². The molecule has 0 unspecified atom stereocenters. The Morgan fingerprint density at radius 3 is 2.79 bits per heavy atom. The Morgan fingerprint density at radius 1 is 1.21 bits per heavy atom. The van der Waals surface area contributed by atoms with Gasteiger partial charge in [-0.05, 0) is 24.3 Å². The summed E-state index contributed by atoms with van der Waals surface area (Å²) < 4.78 is 12.8. The molecule has 1 aliphatic heterocycles. The molecule has 0 saturated heterocycles. The van der Waals surface area contributed by atoms with E-state index >= 15 is 0 Å². The molecule has 98 valence electrons. The second-order valence-electron chi connectivity index (χ2n) is 4.09. The summed E-state index contributed by atoms with van der Waals surface area (Å²) in [4.78, 5) is 9.86. The zero-order valence-corrected chi connectivity index (χ0v) is 12.3. The van der Waals surface area contributed by atoms with Crippen LogP contribution in [-0.2, 0) is 17.3 Å². The maximum atomic E-state index is 12.8. The lowest BCUT2D eigenvalue weighted by Crippen LogP contribution is -1.99. The summed E-state index contributed by atoms with van der Waals surface area (Å²) in [6.07, 6.45) is 0. The van der Waals surface area contributed by atoms with Crippen molar-refractivity contribution in [1.29, 1.82) is 0 Å². The molecule has 6 heteroatoms. The number of fused-ring (bicyclic) bond motifs is 1. The van der Waals surface area contributed by atoms with Crippen LogP contribution in [0.25, 0.3) is 0 Å². The van der Waals surface area contributed by atoms with Gasteiger partial charge in [-0.25, -0.2) is 14.4 Å². The quantitative estimate of drug-likeness (QED) is 0.623. The van der Waals surface area contributed by atoms with Crippen LogP contribution in [0.2, 0.25) is 5.15 Å². The number of hydrogen-bond donors (Lipinski definition) is 0. The van der Waals surface area contributed by atoms with Gasteiger partial charge in [0, 0.05) is 22.0 Å². The van der Waals surface area contributed by atoms with Gasteiger partial charge in [0.2, 0.25) is 0 Å². The average Bonchev–Trinajstić information content (AvgIpc) is 2.87. The Balaban J connectivity index is 1.73. The highest BCUT2D eigenvalue weighted by molar-refractivity contribution is 7.98. The topological polar surface area (TPSA) is 25.8 Å². The van der Waals surface area contributed by atoms with E-state index in [4.69, 9.17) is 11.6 Å². The van der Waals surface area contributed by atoms with Crippen LogP contribution in [0.5, 0.6) is 0 Å². The summed E-state index contributed by atoms with van der Waals surface area (Å²) in [5.74, 6) is 2.97. The van der Waals surface area contributed by atoms with Crippen LogP contribution in [0.3, 0.4) is 0 Å². The van der Waals surface area contributed by atoms with Crippen molar-refractivity contribution >= 4 is 35.1 Å². The first-order valence-electron chi connectivity index (χ1n) is 5.72. The lowest BCUT2D eigenvalue weighted by Gasteiger charge is -2.05. The van der Waals surface area contributed by atoms with E-state index in [1.807, 2.05) is 0 Å². The number of hydrogen-bond acceptors (Lipinski definition) is 4. The lowest BCUT2D eigenvalue weighted by atomic mass is 10.3. The normalized spacial score (nSPS) is 13.6. The Bertz CT molecular complexity index is 604. The van der Waals surface area contributed by atoms with Crippen LogP contribution < -0.4 is 0 Å². The molecule has 0 spiro atoms. The van der Waals surface area contributed by atoms with Crippen molar-refractivity contribution < 1.29 is 4.39 Å². The second kappa shape index (κ2) is 5.69. The minimum absolute atomic E-state index is 0.224. The van der Waals surface area contributed by atoms with E-state index in [-0.39, 0.29) is 5.82 Å². The van der Waals surface area contributed by atoms with Crippen molar-refractivity contribution in [3.8, 4) is 0 Å². The molecule has 2 nitrogen and oxygen atoms in total. The SMILES string of the molecule is Fc1ccc(SCc2nc(Cl)c3c(n2)CSC3)cc1. The van der Waals surface area contributed by atoms with Gasteiger partial charge in [-0.3, -0.25) is 0 Å². The van der Waals surface area contributed by atoms with Gasteiger partial charge in [-0.2, -0.15) is 11.8 Å². The summed E-state index contributed by atoms with van der Waals surface area (Å²) in [6, 6.07) is 6.42. The van der Waals surface area contributed by atoms with Gasteiger partial charge in [-0.15, -0.1) is 11.8 Å². The molecule has 0 fully saturated rings. The molecule has 0 saturated carbocycles. The Morgan fingerprint density at radius 2 is 2.00 bits per heavy atom. The fraction of sp³-hybridized carbons (Fsp3) is 0.231. The molecule has 0 amide bonds. The fourth-order valence-corrected chi connectivity index (χ4v) is 3.95. The predicted octanol–water partition coefficient (Wildman–Crippen LogP) is 4.31. The summed E-state index contributed by atoms with van der Waals surface area (Å²) in [5, 5.41) is 0.574. The van der Waals surface area contributed by atoms with Crippen molar-refractivity contribution in [2.75, 3.05) is 0 Å². The third kappa shape index (κ3) is 3.04. The molecular formula is C13H10ClFN2S2. The monoisotopic (exact) mass is 312 g/mol. The highest BCUT2D eigenvalue weighted by atomic mass is 35.5. The first kappa shape index (κ1) is 13.2. The molecule has 19 heavy (non-hydrogen) atoms. The van der Waals surface area contributed by atoms with E-state index in [1.165, 1.54) is 12.1 Å². The molecule has 0 aliphatic carbocycles. The Labute approximate surface area is 124 Å². The van der Waals surface area contributed by atoms with Crippen LogP contribution in [0.1, 0.15) is 17.1 Å². The number of thioether (sulfide) groups is 2. The average molecular weight is 313 g/mol. The second-order valence-corrected chi connectivity index (χ2v) is 6.48. The number of halogens is 2. The first-order valence-corrected chi connectivity index (χ1v) is 8.24. The van der Waals surface area contributed by atoms with Crippen molar-refractivity contribution in [3.63, 3.8) is 0 Å². The Kier molecular flexibility index (Phi) is 3.96. The van der Waals surface area contributed by atoms with Gasteiger partial charge in [0.05, 0.1) is 11.4 Å². The summed E-state index contributed by atoms with van der Waals surface area (Å²) in [6.45, 7) is 0. The number of benzene rings is 1. The van der Waals surface area contributed by atoms with E-state index in [0.29, 0.717) is 10.9 Å². The van der Waals surface area contributed by atoms with Gasteiger partial charge in [0.1, 0.15) is 16.8 Å². The molecule has 0 bridgehead atoms. The van der Waals surface area contributed by atoms with Gasteiger partial charge in [0.25, 0.3) is 0 Å². The van der Waals surface area contributed by atoms with E-state index in [9.17, 15) is 4.39 Å². The van der Waals surface area contributed by atoms with Crippen LogP contribution in [0.4, 0.5) is 4.39 Å². The van der Waals surface area contributed by atoms with E-state index in [0.717, 1.165) is 33.5 Å².